The summed E-state index contributed by atoms with van der Waals surface area (Å²) in [5.74, 6) is 0. The summed E-state index contributed by atoms with van der Waals surface area (Å²) in [7, 11) is 1.70. The highest BCUT2D eigenvalue weighted by Gasteiger charge is 2.13. The van der Waals surface area contributed by atoms with Gasteiger partial charge in [0.05, 0.1) is 0 Å². The first kappa shape index (κ1) is 8.70. The lowest BCUT2D eigenvalue weighted by Gasteiger charge is -2.32. The van der Waals surface area contributed by atoms with E-state index in [9.17, 15) is 0 Å². The average molecular weight is 152 g/mol. The molecule has 0 radical (unpaired) electrons. The minimum absolute atomic E-state index is 0.319. The van der Waals surface area contributed by atoms with Crippen LogP contribution in [-0.4, -0.2) is 24.0 Å². The number of hydrogen-bond acceptors (Lipinski definition) is 1. The molecule has 0 aromatic rings. The Kier molecular flexibility index (Phi) is 3.28. The van der Waals surface area contributed by atoms with Crippen molar-refractivity contribution in [2.45, 2.75) is 19.1 Å². The Hall–Kier alpha value is 0.700. The Morgan fingerprint density at radius 1 is 1.25 bits per heavy atom. The van der Waals surface area contributed by atoms with Gasteiger partial charge in [0.2, 0.25) is 0 Å². The molecule has 0 nitrogen and oxygen atoms in total. The van der Waals surface area contributed by atoms with Crippen LogP contribution in [0.1, 0.15) is 13.8 Å². The maximum absolute atomic E-state index is 2.36. The van der Waals surface area contributed by atoms with E-state index in [4.69, 9.17) is 0 Å². The normalized spacial score (nSPS) is 14.8. The Labute approximate surface area is 58.1 Å². The minimum Gasteiger partial charge on any atom is -0.196 e. The lowest BCUT2D eigenvalue weighted by molar-refractivity contribution is 1.11. The summed E-state index contributed by atoms with van der Waals surface area (Å²) in [6.45, 7) is 4.59. The quantitative estimate of drug-likeness (QED) is 0.548. The third-order valence-corrected chi connectivity index (χ3v) is 8.43. The van der Waals surface area contributed by atoms with Crippen molar-refractivity contribution < 1.29 is 0 Å². The molecule has 0 saturated heterocycles. The van der Waals surface area contributed by atoms with Gasteiger partial charge in [-0.05, 0) is 24.0 Å². The molecule has 0 aliphatic rings. The molecule has 0 bridgehead atoms. The van der Waals surface area contributed by atoms with Crippen LogP contribution in [-0.2, 0) is 0 Å². The van der Waals surface area contributed by atoms with Gasteiger partial charge < -0.3 is 0 Å². The van der Waals surface area contributed by atoms with Crippen molar-refractivity contribution in [3.63, 3.8) is 0 Å². The summed E-state index contributed by atoms with van der Waals surface area (Å²) in [5, 5.41) is 0.859. The molecule has 0 aromatic carbocycles. The van der Waals surface area contributed by atoms with E-state index in [1.54, 1.807) is 0 Å². The Bertz CT molecular complexity index is 66.9. The molecule has 52 valence electrons. The standard InChI is InChI=1S/C6H16S2/c1-6(2)8(4,5)7-3/h6H,1-5H3. The van der Waals surface area contributed by atoms with Gasteiger partial charge in [0.1, 0.15) is 0 Å². The first-order chi connectivity index (χ1) is 3.50. The van der Waals surface area contributed by atoms with Gasteiger partial charge in [0.15, 0.2) is 0 Å². The third-order valence-electron chi connectivity index (χ3n) is 1.56. The van der Waals surface area contributed by atoms with E-state index in [1.807, 2.05) is 10.8 Å². The van der Waals surface area contributed by atoms with E-state index in [1.165, 1.54) is 0 Å². The predicted molar refractivity (Wildman–Crippen MR) is 48.1 cm³/mol. The van der Waals surface area contributed by atoms with Crippen LogP contribution >= 0.6 is 19.9 Å². The molecule has 0 spiro atoms. The number of rotatable bonds is 2. The molecule has 0 amide bonds. The second-order valence-corrected chi connectivity index (χ2v) is 10.00. The summed E-state index contributed by atoms with van der Waals surface area (Å²) in [4.78, 5) is 0. The molecular weight excluding hydrogens is 136 g/mol. The molecule has 0 aromatic heterocycles. The zero-order valence-electron chi connectivity index (χ0n) is 6.39. The zero-order valence-corrected chi connectivity index (χ0v) is 8.03. The first-order valence-electron chi connectivity index (χ1n) is 2.78. The van der Waals surface area contributed by atoms with Gasteiger partial charge in [0.25, 0.3) is 0 Å². The topological polar surface area (TPSA) is 0 Å². The molecule has 0 saturated carbocycles. The predicted octanol–water partition coefficient (Wildman–Crippen LogP) is 2.74. The molecular formula is C6H16S2. The Morgan fingerprint density at radius 2 is 1.62 bits per heavy atom. The van der Waals surface area contributed by atoms with Gasteiger partial charge in [-0.15, -0.1) is 10.8 Å². The van der Waals surface area contributed by atoms with Gasteiger partial charge in [-0.1, -0.05) is 13.8 Å². The third kappa shape index (κ3) is 2.31. The molecule has 0 atom stereocenters. The second-order valence-electron chi connectivity index (χ2n) is 2.52. The van der Waals surface area contributed by atoms with Crippen LogP contribution in [0.2, 0.25) is 0 Å². The van der Waals surface area contributed by atoms with Crippen LogP contribution in [0, 0.1) is 0 Å². The van der Waals surface area contributed by atoms with Gasteiger partial charge in [0, 0.05) is 0 Å². The minimum atomic E-state index is -0.319. The van der Waals surface area contributed by atoms with Crippen LogP contribution in [0.25, 0.3) is 0 Å². The molecule has 2 heteroatoms. The fraction of sp³-hybridized carbons (Fsp3) is 1.00. The summed E-state index contributed by atoms with van der Waals surface area (Å²) in [6, 6.07) is 0. The SMILES string of the molecule is CSS(C)(C)C(C)C. The van der Waals surface area contributed by atoms with Crippen LogP contribution in [0.15, 0.2) is 0 Å². The van der Waals surface area contributed by atoms with Crippen LogP contribution in [0.3, 0.4) is 0 Å². The van der Waals surface area contributed by atoms with E-state index in [2.05, 4.69) is 32.6 Å². The van der Waals surface area contributed by atoms with Gasteiger partial charge >= 0.3 is 0 Å². The van der Waals surface area contributed by atoms with Crippen molar-refractivity contribution in [3.8, 4) is 0 Å². The second kappa shape index (κ2) is 3.02. The highest BCUT2D eigenvalue weighted by Crippen LogP contribution is 2.55. The molecule has 0 unspecified atom stereocenters. The van der Waals surface area contributed by atoms with E-state index in [-0.39, 0.29) is 9.06 Å². The Balaban J connectivity index is 3.71. The summed E-state index contributed by atoms with van der Waals surface area (Å²) >= 11 is 0. The van der Waals surface area contributed by atoms with E-state index < -0.39 is 0 Å². The Morgan fingerprint density at radius 3 is 1.62 bits per heavy atom. The van der Waals surface area contributed by atoms with Gasteiger partial charge in [-0.3, -0.25) is 0 Å². The van der Waals surface area contributed by atoms with Crippen LogP contribution in [0.5, 0.6) is 0 Å². The lowest BCUT2D eigenvalue weighted by atomic mass is 10.6. The van der Waals surface area contributed by atoms with Crippen molar-refractivity contribution >= 4 is 19.9 Å². The molecule has 8 heavy (non-hydrogen) atoms. The van der Waals surface area contributed by atoms with Crippen LogP contribution in [0.4, 0.5) is 0 Å². The molecule has 0 fully saturated rings. The van der Waals surface area contributed by atoms with Crippen molar-refractivity contribution in [1.29, 1.82) is 0 Å². The number of hydrogen-bond donors (Lipinski definition) is 0. The van der Waals surface area contributed by atoms with Crippen molar-refractivity contribution in [1.82, 2.24) is 0 Å². The maximum Gasteiger partial charge on any atom is -0.00887 e. The molecule has 0 aliphatic heterocycles. The summed E-state index contributed by atoms with van der Waals surface area (Å²) < 4.78 is 0. The lowest BCUT2D eigenvalue weighted by Crippen LogP contribution is -2.03. The van der Waals surface area contributed by atoms with Gasteiger partial charge in [-0.2, -0.15) is 9.06 Å². The van der Waals surface area contributed by atoms with E-state index in [0.29, 0.717) is 0 Å². The van der Waals surface area contributed by atoms with Crippen molar-refractivity contribution in [2.24, 2.45) is 0 Å². The van der Waals surface area contributed by atoms with Crippen LogP contribution < -0.4 is 0 Å². The molecule has 0 aliphatic carbocycles. The zero-order chi connectivity index (χ0) is 6.78. The maximum atomic E-state index is 2.36. The molecule has 0 rings (SSSR count). The first-order valence-corrected chi connectivity index (χ1v) is 7.04. The summed E-state index contributed by atoms with van der Waals surface area (Å²) in [5.41, 5.74) is 0. The van der Waals surface area contributed by atoms with E-state index in [0.717, 1.165) is 5.25 Å². The fourth-order valence-corrected chi connectivity index (χ4v) is 1.73. The molecule has 0 N–H and O–H groups in total. The van der Waals surface area contributed by atoms with Gasteiger partial charge in [-0.25, -0.2) is 0 Å². The largest absolute Gasteiger partial charge is 0.196 e. The van der Waals surface area contributed by atoms with E-state index >= 15 is 0 Å². The monoisotopic (exact) mass is 152 g/mol. The molecule has 0 heterocycles. The highest BCUT2D eigenvalue weighted by molar-refractivity contribution is 8.93. The smallest absolute Gasteiger partial charge is 0.00887 e. The highest BCUT2D eigenvalue weighted by atomic mass is 33.2. The van der Waals surface area contributed by atoms with Crippen molar-refractivity contribution in [2.75, 3.05) is 18.8 Å². The fourth-order valence-electron chi connectivity index (χ4n) is 0.192. The average Bonchev–Trinajstić information content (AvgIpc) is 1.67. The van der Waals surface area contributed by atoms with Crippen molar-refractivity contribution in [3.05, 3.63) is 0 Å². The summed E-state index contributed by atoms with van der Waals surface area (Å²) in [6.07, 6.45) is 6.93.